The second kappa shape index (κ2) is 58.0. The number of hydrogen-bond donors (Lipinski definition) is 6. The molecule has 0 radical (unpaired) electrons. The van der Waals surface area contributed by atoms with Gasteiger partial charge in [0.15, 0.2) is 17.3 Å². The van der Waals surface area contributed by atoms with E-state index < -0.39 is 108 Å². The van der Waals surface area contributed by atoms with Crippen LogP contribution in [-0.4, -0.2) is 296 Å². The number of likely N-dealkylation sites (N-methyl/N-ethyl adjacent to an activating group) is 1. The van der Waals surface area contributed by atoms with Crippen LogP contribution < -0.4 is 31.9 Å². The average molecular weight is 2020 g/mol. The van der Waals surface area contributed by atoms with Crippen LogP contribution in [0.15, 0.2) is 139 Å². The maximum Gasteiger partial charge on any atom is 0.424 e. The Morgan fingerprint density at radius 2 is 1.34 bits per heavy atom. The molecule has 4 bridgehead atoms. The highest BCUT2D eigenvalue weighted by Crippen LogP contribution is 2.50. The number of aromatic nitrogens is 1. The van der Waals surface area contributed by atoms with Crippen molar-refractivity contribution in [2.45, 2.75) is 219 Å². The fourth-order valence-electron chi connectivity index (χ4n) is 17.6. The molecule has 2 saturated heterocycles. The highest BCUT2D eigenvalue weighted by atomic mass is 35.5. The molecular weight excluding hydrogens is 1870 g/mol. The van der Waals surface area contributed by atoms with Gasteiger partial charge in [-0.25, -0.2) is 34.0 Å². The van der Waals surface area contributed by atoms with Crippen LogP contribution in [0.1, 0.15) is 171 Å². The van der Waals surface area contributed by atoms with Crippen LogP contribution in [0.4, 0.5) is 24.9 Å². The number of urea groups is 1. The summed E-state index contributed by atoms with van der Waals surface area (Å²) in [4.78, 5) is 162. The molecule has 5 aromatic carbocycles. The summed E-state index contributed by atoms with van der Waals surface area (Å²) in [5.41, 5.74) is 12.9. The van der Waals surface area contributed by atoms with Crippen molar-refractivity contribution in [3.63, 3.8) is 0 Å². The topological polar surface area (TPSA) is 434 Å². The van der Waals surface area contributed by atoms with Gasteiger partial charge in [-0.05, 0) is 148 Å². The van der Waals surface area contributed by atoms with E-state index in [9.17, 15) is 62.6 Å². The summed E-state index contributed by atoms with van der Waals surface area (Å²) in [6.07, 6.45) is 1.38. The van der Waals surface area contributed by atoms with Gasteiger partial charge >= 0.3 is 30.3 Å². The molecular formula is C107H148ClN11O25. The molecule has 4 heterocycles. The number of benzene rings is 5. The number of alkyl carbamates (subject to hydrolysis) is 1. The van der Waals surface area contributed by atoms with Crippen molar-refractivity contribution in [3.05, 3.63) is 183 Å². The van der Waals surface area contributed by atoms with E-state index in [2.05, 4.69) is 56.2 Å². The first kappa shape index (κ1) is 116. The number of amides is 9. The SMILES string of the molecule is CCOCCC(=O)C[C@H](C(=O)N[C@@H](CCCNC(N)=O)C(=O)Cc1ccc(COC(=O)N(C)CCCC(=O)N(C)[C@@H](C)C(=O)O[C@H]2CC(=O)N(C)c3cc(cc(C)c3Cl)C/C(C)=C/C=C/[C@@H](OC)[C@]3(O)C[C@H](OC(=O)N3)[C@@H](C)C3O[C@]32C)cc1)C(C)C.CCOCCOCCOCCOCCOCCCC(=O)CNC(=O)CCn1c(CN(C)N(C)C(=O)OCC2c3ccccc3-c3ccccc32)cc2ccccc21. The minimum absolute atomic E-state index is 0.00480. The maximum absolute atomic E-state index is 14.4. The van der Waals surface area contributed by atoms with E-state index in [4.69, 9.17) is 74.2 Å². The van der Waals surface area contributed by atoms with E-state index in [0.29, 0.717) is 133 Å². The predicted octanol–water partition coefficient (Wildman–Crippen LogP) is 12.4. The standard InChI is InChI=1S/C63H90ClN7O16.C44H58N4O9/c1-13-83-28-25-45(72)33-46(37(2)3)57(76)67-47(18-15-26-66-59(65)78)49(73)32-42-21-23-43(24-22-42)36-84-61(80)69(9)27-16-20-53(74)70(10)41(7)58(77)86-52-34-54(75)71(11)48-31-44(30-39(5)55(48)64)29-38(4)17-14-19-51(82-12)63(81)35-50(85-60(79)68-63)40(6)56-62(52,8)87-56;1-4-52-22-23-54-26-27-56-29-28-55-25-24-53-21-11-13-36(49)31-45-43(50)19-20-48-35(30-34-12-5-10-18-42(34)48)32-46(2)47(3)44(51)57-33-41-39-16-8-6-14-37(39)38-15-7-9-17-40(38)41/h14,17,19,21-24,30-31,37,40-41,46-47,50-52,56,81H,13,15-16,18,20,25-29,32-36H2,1-12H3,(H,67,76)(H,68,79)(H3,65,66,78);5-10,12,14-18,30,41H,4,11,13,19-29,31-33H2,1-3H3,(H,45,50)/b19-14+,38-17+;/t40-,41+,46+,47+,50+,51-,52+,56?,62+,63-;/m1./s1. The summed E-state index contributed by atoms with van der Waals surface area (Å²) < 4.78 is 69.8. The molecule has 10 rings (SSSR count). The third-order valence-corrected chi connectivity index (χ3v) is 26.8. The van der Waals surface area contributed by atoms with Gasteiger partial charge in [0.1, 0.15) is 49.0 Å². The lowest BCUT2D eigenvalue weighted by molar-refractivity contribution is -0.162. The number of carbonyl (C=O) groups is 12. The number of nitrogens with zero attached hydrogens (tertiary/aromatic N) is 6. The van der Waals surface area contributed by atoms with Crippen molar-refractivity contribution in [1.29, 1.82) is 0 Å². The average Bonchev–Trinajstić information content (AvgIpc) is 1.57. The normalized spacial score (nSPS) is 19.4. The number of ether oxygens (including phenoxy) is 12. The number of Topliss-reactive ketones (excluding diaryl/α,β-unsaturated/α-hetero) is 3. The Balaban J connectivity index is 0.000000349. The van der Waals surface area contributed by atoms with Crippen LogP contribution in [-0.2, 0) is 128 Å². The van der Waals surface area contributed by atoms with Gasteiger partial charge in [-0.2, -0.15) is 0 Å². The monoisotopic (exact) mass is 2020 g/mol. The molecule has 0 saturated carbocycles. The third-order valence-electron chi connectivity index (χ3n) is 26.4. The van der Waals surface area contributed by atoms with E-state index in [1.165, 1.54) is 59.0 Å². The number of rotatable bonds is 53. The number of halogens is 1. The number of nitrogens with two attached hydrogens (primary N) is 1. The molecule has 1 unspecified atom stereocenters. The highest BCUT2D eigenvalue weighted by Gasteiger charge is 2.65. The molecule has 4 aliphatic rings. The molecule has 36 nitrogen and oxygen atoms in total. The summed E-state index contributed by atoms with van der Waals surface area (Å²) in [5, 5.41) is 27.2. The minimum atomic E-state index is -1.88. The fraction of sp³-hybridized carbons (Fsp3) is 0.551. The first-order valence-corrected chi connectivity index (χ1v) is 50.0. The Morgan fingerprint density at radius 1 is 0.715 bits per heavy atom. The largest absolute Gasteiger partial charge is 0.457 e. The Kier molecular flexibility index (Phi) is 46.7. The first-order valence-electron chi connectivity index (χ1n) is 49.6. The second-order valence-corrected chi connectivity index (χ2v) is 37.8. The number of allylic oxidation sites excluding steroid dienone is 3. The minimum Gasteiger partial charge on any atom is -0.457 e. The van der Waals surface area contributed by atoms with Crippen LogP contribution in [0, 0.1) is 24.7 Å². The Labute approximate surface area is 849 Å². The number of anilines is 1. The van der Waals surface area contributed by atoms with E-state index >= 15 is 0 Å². The summed E-state index contributed by atoms with van der Waals surface area (Å²) in [6, 6.07) is 34.4. The van der Waals surface area contributed by atoms with Crippen molar-refractivity contribution < 1.29 is 119 Å². The lowest BCUT2D eigenvalue weighted by Gasteiger charge is -2.42. The number of para-hydroxylation sites is 1. The van der Waals surface area contributed by atoms with Gasteiger partial charge < -0.3 is 103 Å². The van der Waals surface area contributed by atoms with Crippen molar-refractivity contribution in [1.82, 2.24) is 45.7 Å². The Bertz CT molecular complexity index is 5300. The van der Waals surface area contributed by atoms with E-state index in [1.54, 1.807) is 69.4 Å². The molecule has 7 N–H and O–H groups in total. The molecule has 144 heavy (non-hydrogen) atoms. The maximum atomic E-state index is 14.4. The van der Waals surface area contributed by atoms with E-state index in [-0.39, 0.29) is 132 Å². The predicted molar refractivity (Wildman–Crippen MR) is 542 cm³/mol. The third kappa shape index (κ3) is 34.9. The number of carbonyl (C=O) groups excluding carboxylic acids is 12. The van der Waals surface area contributed by atoms with Crippen LogP contribution in [0.3, 0.4) is 0 Å². The number of nitrogens with one attached hydrogen (secondary N) is 4. The molecule has 1 aromatic heterocycles. The molecule has 2 fully saturated rings. The first-order chi connectivity index (χ1) is 68.9. The summed E-state index contributed by atoms with van der Waals surface area (Å²) in [6.45, 7) is 23.3. The van der Waals surface area contributed by atoms with E-state index in [1.807, 2.05) is 115 Å². The number of hydrazine groups is 1. The number of ketones is 3. The van der Waals surface area contributed by atoms with Crippen LogP contribution in [0.25, 0.3) is 22.0 Å². The fourth-order valence-corrected chi connectivity index (χ4v) is 17.8. The van der Waals surface area contributed by atoms with Crippen LogP contribution >= 0.6 is 11.6 Å². The number of hydrogen-bond acceptors (Lipinski definition) is 26. The van der Waals surface area contributed by atoms with Gasteiger partial charge in [-0.1, -0.05) is 153 Å². The molecule has 9 amide bonds. The van der Waals surface area contributed by atoms with Crippen LogP contribution in [0.2, 0.25) is 5.02 Å². The number of esters is 1. The van der Waals surface area contributed by atoms with Gasteiger partial charge in [-0.15, -0.1) is 0 Å². The molecule has 6 aromatic rings. The number of aliphatic hydroxyl groups is 1. The molecule has 0 spiro atoms. The number of fused-ring (bicyclic) bond motifs is 9. The number of epoxide rings is 1. The van der Waals surface area contributed by atoms with Crippen LogP contribution in [0.5, 0.6) is 0 Å². The zero-order chi connectivity index (χ0) is 105. The van der Waals surface area contributed by atoms with E-state index in [0.717, 1.165) is 44.4 Å². The van der Waals surface area contributed by atoms with Gasteiger partial charge in [0.05, 0.1) is 102 Å². The smallest absolute Gasteiger partial charge is 0.424 e. The molecule has 788 valence electrons. The van der Waals surface area contributed by atoms with Crippen molar-refractivity contribution in [2.75, 3.05) is 153 Å². The molecule has 3 aliphatic heterocycles. The van der Waals surface area contributed by atoms with Gasteiger partial charge in [0.2, 0.25) is 23.6 Å². The molecule has 37 heteroatoms. The number of methoxy groups -OCH3 is 1. The zero-order valence-corrected chi connectivity index (χ0v) is 86.7. The van der Waals surface area contributed by atoms with Crippen molar-refractivity contribution in [2.24, 2.45) is 23.5 Å². The number of aryl methyl sites for hydroxylation is 2. The Morgan fingerprint density at radius 3 is 1.99 bits per heavy atom. The lowest BCUT2D eigenvalue weighted by Crippen LogP contribution is -2.63. The summed E-state index contributed by atoms with van der Waals surface area (Å²) in [5.74, 6) is -4.24. The highest BCUT2D eigenvalue weighted by molar-refractivity contribution is 6.34. The van der Waals surface area contributed by atoms with Gasteiger partial charge in [0, 0.05) is 156 Å². The summed E-state index contributed by atoms with van der Waals surface area (Å²) in [7, 11) is 9.50. The Hall–Kier alpha value is -11.6. The number of primary amides is 1. The second-order valence-electron chi connectivity index (χ2n) is 37.4. The van der Waals surface area contributed by atoms with Crippen molar-refractivity contribution >= 4 is 99.4 Å². The van der Waals surface area contributed by atoms with Gasteiger partial charge in [-0.3, -0.25) is 38.9 Å². The molecule has 10 atom stereocenters. The lowest BCUT2D eigenvalue weighted by atomic mass is 9.83. The van der Waals surface area contributed by atoms with Crippen molar-refractivity contribution in [3.8, 4) is 11.1 Å². The molecule has 1 aliphatic carbocycles. The zero-order valence-electron chi connectivity index (χ0n) is 86.0. The van der Waals surface area contributed by atoms with Gasteiger partial charge in [0.25, 0.3) is 0 Å². The quantitative estimate of drug-likeness (QED) is 0.00679. The summed E-state index contributed by atoms with van der Waals surface area (Å²) >= 11 is 6.84.